The average Bonchev–Trinajstić information content (AvgIpc) is 2.14. The van der Waals surface area contributed by atoms with Crippen molar-refractivity contribution in [3.05, 3.63) is 39.9 Å². The summed E-state index contributed by atoms with van der Waals surface area (Å²) in [5, 5.41) is 0. The molecule has 0 aliphatic rings. The summed E-state index contributed by atoms with van der Waals surface area (Å²) in [7, 11) is 0. The second-order valence-corrected chi connectivity index (χ2v) is 3.35. The Morgan fingerprint density at radius 1 is 1.23 bits per heavy atom. The first-order valence-electron chi connectivity index (χ1n) is 3.64. The molecule has 0 aliphatic carbocycles. The lowest BCUT2D eigenvalue weighted by Gasteiger charge is -1.94. The molecule has 0 amide bonds. The molecule has 0 unspecified atom stereocenters. The molecule has 2 nitrogen and oxygen atoms in total. The molecule has 0 saturated carbocycles. The molecule has 1 rings (SSSR count). The molecule has 0 fully saturated rings. The van der Waals surface area contributed by atoms with Gasteiger partial charge in [-0.25, -0.2) is 0 Å². The molecule has 3 heteroatoms. The summed E-state index contributed by atoms with van der Waals surface area (Å²) in [4.78, 5) is 20.6. The van der Waals surface area contributed by atoms with E-state index in [1.165, 1.54) is 6.08 Å². The van der Waals surface area contributed by atoms with E-state index in [2.05, 4.69) is 15.9 Å². The molecule has 0 aromatic heterocycles. The van der Waals surface area contributed by atoms with Gasteiger partial charge in [-0.2, -0.15) is 0 Å². The molecule has 1 aromatic carbocycles. The number of rotatable bonds is 3. The summed E-state index contributed by atoms with van der Waals surface area (Å²) in [5.41, 5.74) is 0.960. The first-order valence-corrected chi connectivity index (χ1v) is 4.43. The fraction of sp³-hybridized carbons (Fsp3) is 0. The third kappa shape index (κ3) is 2.95. The second kappa shape index (κ2) is 4.72. The van der Waals surface area contributed by atoms with E-state index in [9.17, 15) is 9.59 Å². The highest BCUT2D eigenvalue weighted by atomic mass is 79.9. The monoisotopic (exact) mass is 238 g/mol. The quantitative estimate of drug-likeness (QED) is 0.351. The predicted octanol–water partition coefficient (Wildman–Crippen LogP) is 2.23. The van der Waals surface area contributed by atoms with Crippen LogP contribution in [0.1, 0.15) is 5.56 Å². The Kier molecular flexibility index (Phi) is 3.58. The minimum absolute atomic E-state index is 0.137. The van der Waals surface area contributed by atoms with E-state index in [4.69, 9.17) is 0 Å². The van der Waals surface area contributed by atoms with Crippen LogP contribution in [0.3, 0.4) is 0 Å². The van der Waals surface area contributed by atoms with Gasteiger partial charge in [0, 0.05) is 4.47 Å². The van der Waals surface area contributed by atoms with E-state index in [1.54, 1.807) is 0 Å². The van der Waals surface area contributed by atoms with Gasteiger partial charge in [0.05, 0.1) is 5.57 Å². The highest BCUT2D eigenvalue weighted by molar-refractivity contribution is 9.10. The largest absolute Gasteiger partial charge is 0.298 e. The first kappa shape index (κ1) is 9.86. The molecule has 0 bridgehead atoms. The van der Waals surface area contributed by atoms with Crippen LogP contribution in [0, 0.1) is 0 Å². The topological polar surface area (TPSA) is 34.1 Å². The van der Waals surface area contributed by atoms with Crippen molar-refractivity contribution in [3.8, 4) is 0 Å². The SMILES string of the molecule is O=CC(C=O)=Cc1cccc(Br)c1. The number of benzene rings is 1. The number of carbonyl (C=O) groups excluding carboxylic acids is 2. The smallest absolute Gasteiger partial charge is 0.153 e. The van der Waals surface area contributed by atoms with Crippen LogP contribution in [0.15, 0.2) is 34.3 Å². The zero-order valence-corrected chi connectivity index (χ0v) is 8.32. The molecule has 0 aliphatic heterocycles. The van der Waals surface area contributed by atoms with Crippen molar-refractivity contribution in [2.75, 3.05) is 0 Å². The average molecular weight is 239 g/mol. The van der Waals surface area contributed by atoms with Crippen LogP contribution >= 0.6 is 15.9 Å². The van der Waals surface area contributed by atoms with Crippen LogP contribution < -0.4 is 0 Å². The minimum Gasteiger partial charge on any atom is -0.298 e. The molecule has 0 atom stereocenters. The maximum atomic E-state index is 10.3. The van der Waals surface area contributed by atoms with Gasteiger partial charge in [0.2, 0.25) is 0 Å². The van der Waals surface area contributed by atoms with Crippen molar-refractivity contribution in [2.45, 2.75) is 0 Å². The standard InChI is InChI=1S/C10H7BrO2/c11-10-3-1-2-8(5-10)4-9(6-12)7-13/h1-7H. The molecular weight excluding hydrogens is 232 g/mol. The zero-order valence-electron chi connectivity index (χ0n) is 6.74. The van der Waals surface area contributed by atoms with Crippen LogP contribution in [-0.2, 0) is 9.59 Å². The van der Waals surface area contributed by atoms with Gasteiger partial charge in [-0.3, -0.25) is 9.59 Å². The van der Waals surface area contributed by atoms with E-state index >= 15 is 0 Å². The van der Waals surface area contributed by atoms with E-state index in [0.717, 1.165) is 10.0 Å². The predicted molar refractivity (Wildman–Crippen MR) is 54.2 cm³/mol. The van der Waals surface area contributed by atoms with Crippen LogP contribution in [-0.4, -0.2) is 12.6 Å². The molecule has 0 radical (unpaired) electrons. The summed E-state index contributed by atoms with van der Waals surface area (Å²) >= 11 is 3.29. The summed E-state index contributed by atoms with van der Waals surface area (Å²) < 4.78 is 0.914. The van der Waals surface area contributed by atoms with Gasteiger partial charge in [0.25, 0.3) is 0 Å². The third-order valence-corrected chi connectivity index (χ3v) is 1.95. The lowest BCUT2D eigenvalue weighted by molar-refractivity contribution is -0.109. The molecule has 0 N–H and O–H groups in total. The number of aldehydes is 2. The Morgan fingerprint density at radius 2 is 1.92 bits per heavy atom. The maximum Gasteiger partial charge on any atom is 0.153 e. The lowest BCUT2D eigenvalue weighted by atomic mass is 10.1. The van der Waals surface area contributed by atoms with E-state index in [-0.39, 0.29) is 5.57 Å². The van der Waals surface area contributed by atoms with Crippen molar-refractivity contribution < 1.29 is 9.59 Å². The second-order valence-electron chi connectivity index (χ2n) is 2.44. The highest BCUT2D eigenvalue weighted by Gasteiger charge is 1.93. The third-order valence-electron chi connectivity index (χ3n) is 1.45. The van der Waals surface area contributed by atoms with E-state index in [1.807, 2.05) is 24.3 Å². The number of hydrogen-bond acceptors (Lipinski definition) is 2. The zero-order chi connectivity index (χ0) is 9.68. The minimum atomic E-state index is 0.137. The van der Waals surface area contributed by atoms with Crippen molar-refractivity contribution in [1.82, 2.24) is 0 Å². The van der Waals surface area contributed by atoms with Gasteiger partial charge in [-0.1, -0.05) is 28.1 Å². The fourth-order valence-electron chi connectivity index (χ4n) is 0.885. The van der Waals surface area contributed by atoms with Gasteiger partial charge in [-0.05, 0) is 23.8 Å². The van der Waals surface area contributed by atoms with Crippen LogP contribution in [0.5, 0.6) is 0 Å². The summed E-state index contributed by atoms with van der Waals surface area (Å²) in [6, 6.07) is 7.35. The van der Waals surface area contributed by atoms with Crippen molar-refractivity contribution in [2.24, 2.45) is 0 Å². The molecule has 0 saturated heterocycles. The van der Waals surface area contributed by atoms with Crippen LogP contribution in [0.25, 0.3) is 6.08 Å². The van der Waals surface area contributed by atoms with Gasteiger partial charge in [0.15, 0.2) is 12.6 Å². The molecular formula is C10H7BrO2. The Balaban J connectivity index is 3.02. The molecule has 13 heavy (non-hydrogen) atoms. The van der Waals surface area contributed by atoms with Gasteiger partial charge >= 0.3 is 0 Å². The molecule has 0 spiro atoms. The number of halogens is 1. The fourth-order valence-corrected chi connectivity index (χ4v) is 1.30. The Bertz CT molecular complexity index is 346. The highest BCUT2D eigenvalue weighted by Crippen LogP contribution is 2.13. The lowest BCUT2D eigenvalue weighted by Crippen LogP contribution is -1.85. The van der Waals surface area contributed by atoms with Gasteiger partial charge in [-0.15, -0.1) is 0 Å². The summed E-state index contributed by atoms with van der Waals surface area (Å²) in [5.74, 6) is 0. The summed E-state index contributed by atoms with van der Waals surface area (Å²) in [6.45, 7) is 0. The van der Waals surface area contributed by atoms with Crippen LogP contribution in [0.4, 0.5) is 0 Å². The number of hydrogen-bond donors (Lipinski definition) is 0. The molecule has 0 heterocycles. The Morgan fingerprint density at radius 3 is 2.46 bits per heavy atom. The first-order chi connectivity index (χ1) is 6.26. The Labute approximate surface area is 84.4 Å². The van der Waals surface area contributed by atoms with Crippen molar-refractivity contribution >= 4 is 34.6 Å². The Hall–Kier alpha value is -1.22. The van der Waals surface area contributed by atoms with Gasteiger partial charge < -0.3 is 0 Å². The van der Waals surface area contributed by atoms with Crippen molar-refractivity contribution in [1.29, 1.82) is 0 Å². The van der Waals surface area contributed by atoms with E-state index < -0.39 is 0 Å². The van der Waals surface area contributed by atoms with Crippen molar-refractivity contribution in [3.63, 3.8) is 0 Å². The maximum absolute atomic E-state index is 10.3. The molecule has 66 valence electrons. The van der Waals surface area contributed by atoms with Crippen LogP contribution in [0.2, 0.25) is 0 Å². The summed E-state index contributed by atoms with van der Waals surface area (Å²) in [6.07, 6.45) is 2.60. The number of allylic oxidation sites excluding steroid dienone is 1. The van der Waals surface area contributed by atoms with Gasteiger partial charge in [0.1, 0.15) is 0 Å². The number of carbonyl (C=O) groups is 2. The van der Waals surface area contributed by atoms with E-state index in [0.29, 0.717) is 12.6 Å². The molecule has 1 aromatic rings. The normalized spacial score (nSPS) is 9.00.